The molecule has 0 aliphatic heterocycles. The third-order valence-electron chi connectivity index (χ3n) is 4.30. The Morgan fingerprint density at radius 2 is 1.90 bits per heavy atom. The fourth-order valence-electron chi connectivity index (χ4n) is 3.07. The first-order chi connectivity index (χ1) is 9.72. The number of carbonyl (C=O) groups is 2. The highest BCUT2D eigenvalue weighted by Gasteiger charge is 2.33. The predicted octanol–water partition coefficient (Wildman–Crippen LogP) is 2.50. The van der Waals surface area contributed by atoms with E-state index in [1.807, 2.05) is 18.2 Å². The van der Waals surface area contributed by atoms with Gasteiger partial charge in [-0.05, 0) is 32.1 Å². The number of amides is 1. The molecule has 1 amide bonds. The van der Waals surface area contributed by atoms with E-state index >= 15 is 0 Å². The van der Waals surface area contributed by atoms with Gasteiger partial charge in [0.2, 0.25) is 5.91 Å². The topological polar surface area (TPSA) is 70.0 Å². The van der Waals surface area contributed by atoms with E-state index < -0.39 is 5.92 Å². The van der Waals surface area contributed by atoms with E-state index in [2.05, 4.69) is 5.32 Å². The molecule has 20 heavy (non-hydrogen) atoms. The van der Waals surface area contributed by atoms with Crippen molar-refractivity contribution < 1.29 is 9.59 Å². The number of Topliss-reactive ketones (excluding diaryl/α,β-unsaturated/α-hetero) is 1. The molecule has 0 aromatic rings. The monoisotopic (exact) mass is 274 g/mol. The molecule has 2 rings (SSSR count). The number of allylic oxidation sites excluding steroid dienone is 2. The molecule has 1 fully saturated rings. The summed E-state index contributed by atoms with van der Waals surface area (Å²) in [7, 11) is 0. The quantitative estimate of drug-likeness (QED) is 0.632. The number of carbonyl (C=O) groups excluding carboxylic acids is 2. The Balaban J connectivity index is 1.92. The van der Waals surface area contributed by atoms with Crippen molar-refractivity contribution in [3.05, 3.63) is 12.2 Å². The molecule has 0 bridgehead atoms. The van der Waals surface area contributed by atoms with Gasteiger partial charge in [-0.15, -0.1) is 0 Å². The van der Waals surface area contributed by atoms with Crippen LogP contribution < -0.4 is 5.32 Å². The SMILES string of the molecule is N#CC(C(=O)NC1CCCCC1)C(=O)C1CC=CCC1. The number of ketones is 1. The van der Waals surface area contributed by atoms with Crippen molar-refractivity contribution >= 4 is 11.7 Å². The van der Waals surface area contributed by atoms with Crippen molar-refractivity contribution in [1.29, 1.82) is 5.26 Å². The molecule has 1 saturated carbocycles. The van der Waals surface area contributed by atoms with E-state index in [4.69, 9.17) is 0 Å². The van der Waals surface area contributed by atoms with Crippen LogP contribution in [0.5, 0.6) is 0 Å². The molecule has 4 nitrogen and oxygen atoms in total. The molecule has 0 saturated heterocycles. The summed E-state index contributed by atoms with van der Waals surface area (Å²) < 4.78 is 0. The maximum Gasteiger partial charge on any atom is 0.245 e. The Hall–Kier alpha value is -1.63. The molecule has 1 N–H and O–H groups in total. The van der Waals surface area contributed by atoms with Gasteiger partial charge in [0.05, 0.1) is 6.07 Å². The minimum atomic E-state index is -1.13. The molecule has 0 spiro atoms. The van der Waals surface area contributed by atoms with E-state index in [1.54, 1.807) is 0 Å². The molecular formula is C16H22N2O2. The Morgan fingerprint density at radius 1 is 1.15 bits per heavy atom. The van der Waals surface area contributed by atoms with Crippen LogP contribution >= 0.6 is 0 Å². The van der Waals surface area contributed by atoms with Crippen LogP contribution in [0, 0.1) is 23.2 Å². The zero-order chi connectivity index (χ0) is 14.4. The maximum atomic E-state index is 12.3. The Kier molecular flexibility index (Phi) is 5.34. The van der Waals surface area contributed by atoms with Crippen LogP contribution in [0.2, 0.25) is 0 Å². The molecule has 4 heteroatoms. The lowest BCUT2D eigenvalue weighted by Crippen LogP contribution is -2.43. The zero-order valence-electron chi connectivity index (χ0n) is 11.8. The lowest BCUT2D eigenvalue weighted by atomic mass is 9.84. The second-order valence-corrected chi connectivity index (χ2v) is 5.79. The van der Waals surface area contributed by atoms with Crippen molar-refractivity contribution in [3.8, 4) is 6.07 Å². The summed E-state index contributed by atoms with van der Waals surface area (Å²) in [4.78, 5) is 24.4. The number of nitrogens with one attached hydrogen (secondary N) is 1. The lowest BCUT2D eigenvalue weighted by Gasteiger charge is -2.25. The zero-order valence-corrected chi connectivity index (χ0v) is 11.8. The smallest absolute Gasteiger partial charge is 0.245 e. The van der Waals surface area contributed by atoms with E-state index in [9.17, 15) is 14.9 Å². The summed E-state index contributed by atoms with van der Waals surface area (Å²) in [6.45, 7) is 0. The molecule has 2 aliphatic rings. The maximum absolute atomic E-state index is 12.3. The molecule has 0 aromatic carbocycles. The Labute approximate surface area is 120 Å². The van der Waals surface area contributed by atoms with Crippen molar-refractivity contribution in [2.45, 2.75) is 57.4 Å². The highest BCUT2D eigenvalue weighted by atomic mass is 16.2. The largest absolute Gasteiger partial charge is 0.352 e. The number of rotatable bonds is 4. The number of hydrogen-bond donors (Lipinski definition) is 1. The summed E-state index contributed by atoms with van der Waals surface area (Å²) in [6, 6.07) is 2.05. The number of hydrogen-bond acceptors (Lipinski definition) is 3. The van der Waals surface area contributed by atoms with E-state index in [0.29, 0.717) is 6.42 Å². The predicted molar refractivity (Wildman–Crippen MR) is 75.6 cm³/mol. The third kappa shape index (κ3) is 3.69. The first-order valence-corrected chi connectivity index (χ1v) is 7.61. The van der Waals surface area contributed by atoms with Gasteiger partial charge in [-0.25, -0.2) is 0 Å². The second kappa shape index (κ2) is 7.23. The summed E-state index contributed by atoms with van der Waals surface area (Å²) >= 11 is 0. The minimum absolute atomic E-state index is 0.145. The average Bonchev–Trinajstić information content (AvgIpc) is 2.49. The molecular weight excluding hydrogens is 252 g/mol. The van der Waals surface area contributed by atoms with E-state index in [-0.39, 0.29) is 23.7 Å². The first-order valence-electron chi connectivity index (χ1n) is 7.61. The summed E-state index contributed by atoms with van der Waals surface area (Å²) in [5.74, 6) is -1.89. The molecule has 0 aromatic heterocycles. The van der Waals surface area contributed by atoms with E-state index in [0.717, 1.165) is 38.5 Å². The molecule has 2 unspecified atom stereocenters. The molecule has 108 valence electrons. The number of nitrogens with zero attached hydrogens (tertiary/aromatic N) is 1. The van der Waals surface area contributed by atoms with Crippen LogP contribution in [-0.2, 0) is 9.59 Å². The Morgan fingerprint density at radius 3 is 2.50 bits per heavy atom. The second-order valence-electron chi connectivity index (χ2n) is 5.79. The van der Waals surface area contributed by atoms with Crippen LogP contribution in [0.15, 0.2) is 12.2 Å². The van der Waals surface area contributed by atoms with Gasteiger partial charge in [-0.1, -0.05) is 31.4 Å². The molecule has 0 heterocycles. The molecule has 2 atom stereocenters. The standard InChI is InChI=1S/C16H22N2O2/c17-11-14(15(19)12-7-3-1-4-8-12)16(20)18-13-9-5-2-6-10-13/h1,3,12-14H,2,4-10H2,(H,18,20). The fourth-order valence-corrected chi connectivity index (χ4v) is 3.07. The van der Waals surface area contributed by atoms with Gasteiger partial charge in [0.15, 0.2) is 11.7 Å². The van der Waals surface area contributed by atoms with Crippen LogP contribution in [-0.4, -0.2) is 17.7 Å². The van der Waals surface area contributed by atoms with Gasteiger partial charge in [0.25, 0.3) is 0 Å². The minimum Gasteiger partial charge on any atom is -0.352 e. The molecule has 2 aliphatic carbocycles. The van der Waals surface area contributed by atoms with E-state index in [1.165, 1.54) is 6.42 Å². The van der Waals surface area contributed by atoms with Crippen molar-refractivity contribution in [2.75, 3.05) is 0 Å². The van der Waals surface area contributed by atoms with Gasteiger partial charge in [-0.2, -0.15) is 5.26 Å². The summed E-state index contributed by atoms with van der Waals surface area (Å²) in [5, 5.41) is 12.1. The highest BCUT2D eigenvalue weighted by Crippen LogP contribution is 2.23. The fraction of sp³-hybridized carbons (Fsp3) is 0.688. The van der Waals surface area contributed by atoms with Crippen LogP contribution in [0.4, 0.5) is 0 Å². The van der Waals surface area contributed by atoms with Crippen LogP contribution in [0.1, 0.15) is 51.4 Å². The molecule has 0 radical (unpaired) electrons. The van der Waals surface area contributed by atoms with Crippen LogP contribution in [0.25, 0.3) is 0 Å². The van der Waals surface area contributed by atoms with Gasteiger partial charge in [0.1, 0.15) is 0 Å². The third-order valence-corrected chi connectivity index (χ3v) is 4.30. The Bertz CT molecular complexity index is 430. The van der Waals surface area contributed by atoms with Gasteiger partial charge in [-0.3, -0.25) is 9.59 Å². The van der Waals surface area contributed by atoms with Crippen molar-refractivity contribution in [2.24, 2.45) is 11.8 Å². The highest BCUT2D eigenvalue weighted by molar-refractivity contribution is 6.05. The first kappa shape index (κ1) is 14.8. The van der Waals surface area contributed by atoms with Gasteiger partial charge >= 0.3 is 0 Å². The normalized spacial score (nSPS) is 24.6. The summed E-state index contributed by atoms with van der Waals surface area (Å²) in [6.07, 6.45) is 11.7. The summed E-state index contributed by atoms with van der Waals surface area (Å²) in [5.41, 5.74) is 0. The van der Waals surface area contributed by atoms with Gasteiger partial charge < -0.3 is 5.32 Å². The lowest BCUT2D eigenvalue weighted by molar-refractivity contribution is -0.134. The van der Waals surface area contributed by atoms with Crippen LogP contribution in [0.3, 0.4) is 0 Å². The average molecular weight is 274 g/mol. The van der Waals surface area contributed by atoms with Gasteiger partial charge in [0, 0.05) is 12.0 Å². The van der Waals surface area contributed by atoms with Crippen molar-refractivity contribution in [3.63, 3.8) is 0 Å². The van der Waals surface area contributed by atoms with Crippen molar-refractivity contribution in [1.82, 2.24) is 5.32 Å². The number of nitriles is 1.